The van der Waals surface area contributed by atoms with E-state index >= 15 is 0 Å². The Bertz CT molecular complexity index is 1130. The Morgan fingerprint density at radius 2 is 1.68 bits per heavy atom. The molecule has 164 valence electrons. The molecular weight excluding hydrogens is 459 g/mol. The predicted octanol–water partition coefficient (Wildman–Crippen LogP) is 2.91. The van der Waals surface area contributed by atoms with E-state index in [9.17, 15) is 8.42 Å². The summed E-state index contributed by atoms with van der Waals surface area (Å²) in [5.41, 5.74) is 0.931. The predicted molar refractivity (Wildman–Crippen MR) is 119 cm³/mol. The summed E-state index contributed by atoms with van der Waals surface area (Å²) in [6, 6.07) is 14.4. The second-order valence-corrected chi connectivity index (χ2v) is 9.94. The Hall–Kier alpha value is -2.04. The van der Waals surface area contributed by atoms with E-state index in [-0.39, 0.29) is 14.9 Å². The second-order valence-electron chi connectivity index (χ2n) is 7.24. The van der Waals surface area contributed by atoms with Gasteiger partial charge in [0.05, 0.1) is 15.7 Å². The first-order valence-corrected chi connectivity index (χ1v) is 12.2. The van der Waals surface area contributed by atoms with E-state index in [2.05, 4.69) is 20.4 Å². The molecule has 8 nitrogen and oxygen atoms in total. The van der Waals surface area contributed by atoms with Gasteiger partial charge in [0.2, 0.25) is 10.0 Å². The van der Waals surface area contributed by atoms with Gasteiger partial charge in [-0.15, -0.1) is 5.10 Å². The van der Waals surface area contributed by atoms with Gasteiger partial charge in [0, 0.05) is 32.6 Å². The average Bonchev–Trinajstić information content (AvgIpc) is 3.25. The van der Waals surface area contributed by atoms with Crippen LogP contribution in [0.25, 0.3) is 5.69 Å². The molecule has 0 atom stereocenters. The van der Waals surface area contributed by atoms with Crippen LogP contribution in [0.4, 0.5) is 0 Å². The molecule has 1 saturated heterocycles. The molecule has 1 aromatic heterocycles. The van der Waals surface area contributed by atoms with Gasteiger partial charge in [0.15, 0.2) is 5.82 Å². The van der Waals surface area contributed by atoms with Crippen molar-refractivity contribution in [2.75, 3.05) is 32.7 Å². The maximum Gasteiger partial charge on any atom is 0.244 e. The molecule has 1 fully saturated rings. The quantitative estimate of drug-likeness (QED) is 0.516. The van der Waals surface area contributed by atoms with Gasteiger partial charge in [-0.1, -0.05) is 47.5 Å². The molecule has 11 heteroatoms. The van der Waals surface area contributed by atoms with E-state index in [1.165, 1.54) is 10.4 Å². The van der Waals surface area contributed by atoms with Crippen molar-refractivity contribution in [3.05, 3.63) is 64.4 Å². The lowest BCUT2D eigenvalue weighted by atomic mass is 10.2. The number of para-hydroxylation sites is 1. The number of rotatable bonds is 7. The van der Waals surface area contributed by atoms with E-state index in [0.29, 0.717) is 26.2 Å². The molecule has 0 saturated carbocycles. The van der Waals surface area contributed by atoms with Crippen molar-refractivity contribution in [3.8, 4) is 5.69 Å². The van der Waals surface area contributed by atoms with E-state index < -0.39 is 10.0 Å². The number of tetrazole rings is 1. The summed E-state index contributed by atoms with van der Waals surface area (Å²) in [6.45, 7) is 2.97. The van der Waals surface area contributed by atoms with E-state index in [4.69, 9.17) is 23.2 Å². The van der Waals surface area contributed by atoms with Crippen molar-refractivity contribution in [2.45, 2.75) is 17.7 Å². The Balaban J connectivity index is 1.31. The third-order valence-corrected chi connectivity index (χ3v) is 8.15. The number of aryl methyl sites for hydroxylation is 1. The highest BCUT2D eigenvalue weighted by Gasteiger charge is 2.30. The fourth-order valence-electron chi connectivity index (χ4n) is 3.61. The highest BCUT2D eigenvalue weighted by molar-refractivity contribution is 7.89. The van der Waals surface area contributed by atoms with E-state index in [0.717, 1.165) is 30.9 Å². The molecule has 4 rings (SSSR count). The fraction of sp³-hybridized carbons (Fsp3) is 0.350. The molecule has 0 unspecified atom stereocenters. The first kappa shape index (κ1) is 22.2. The van der Waals surface area contributed by atoms with Crippen LogP contribution in [-0.4, -0.2) is 70.6 Å². The highest BCUT2D eigenvalue weighted by Crippen LogP contribution is 2.31. The van der Waals surface area contributed by atoms with Crippen LogP contribution in [0.2, 0.25) is 10.0 Å². The van der Waals surface area contributed by atoms with E-state index in [1.54, 1.807) is 16.8 Å². The van der Waals surface area contributed by atoms with E-state index in [1.807, 2.05) is 30.3 Å². The average molecular weight is 481 g/mol. The molecule has 1 aliphatic heterocycles. The molecule has 3 aromatic rings. The summed E-state index contributed by atoms with van der Waals surface area (Å²) in [5.74, 6) is 0.808. The summed E-state index contributed by atoms with van der Waals surface area (Å²) >= 11 is 12.1. The first-order valence-electron chi connectivity index (χ1n) is 9.96. The molecule has 0 bridgehead atoms. The molecule has 31 heavy (non-hydrogen) atoms. The van der Waals surface area contributed by atoms with Gasteiger partial charge in [0.1, 0.15) is 4.90 Å². The maximum atomic E-state index is 12.9. The SMILES string of the molecule is O=S(=O)(c1cccc(Cl)c1Cl)N1CCN(CCCc2nnnn2-c2ccccc2)CC1. The summed E-state index contributed by atoms with van der Waals surface area (Å²) in [4.78, 5) is 2.31. The van der Waals surface area contributed by atoms with Crippen molar-refractivity contribution in [1.82, 2.24) is 29.4 Å². The lowest BCUT2D eigenvalue weighted by molar-refractivity contribution is 0.186. The van der Waals surface area contributed by atoms with Crippen LogP contribution >= 0.6 is 23.2 Å². The summed E-state index contributed by atoms with van der Waals surface area (Å²) in [5, 5.41) is 12.3. The zero-order valence-electron chi connectivity index (χ0n) is 16.7. The standard InChI is InChI=1S/C20H22Cl2N6O2S/c21-17-8-4-9-18(20(17)22)31(29,30)27-14-12-26(13-15-27)11-5-10-19-23-24-25-28(19)16-6-2-1-3-7-16/h1-4,6-9H,5,10-15H2. The number of halogens is 2. The van der Waals surface area contributed by atoms with Crippen molar-refractivity contribution in [1.29, 1.82) is 0 Å². The molecule has 2 heterocycles. The topological polar surface area (TPSA) is 84.2 Å². The van der Waals surface area contributed by atoms with Crippen LogP contribution in [0.1, 0.15) is 12.2 Å². The largest absolute Gasteiger partial charge is 0.301 e. The lowest BCUT2D eigenvalue weighted by Crippen LogP contribution is -2.48. The smallest absolute Gasteiger partial charge is 0.244 e. The van der Waals surface area contributed by atoms with Crippen molar-refractivity contribution < 1.29 is 8.42 Å². The molecular formula is C20H22Cl2N6O2S. The Labute approximate surface area is 191 Å². The third kappa shape index (κ3) is 4.91. The number of benzene rings is 2. The molecule has 0 spiro atoms. The van der Waals surface area contributed by atoms with Crippen LogP contribution in [0.5, 0.6) is 0 Å². The Morgan fingerprint density at radius 1 is 0.935 bits per heavy atom. The first-order chi connectivity index (χ1) is 15.0. The van der Waals surface area contributed by atoms with Crippen LogP contribution < -0.4 is 0 Å². The number of sulfonamides is 1. The number of hydrogen-bond acceptors (Lipinski definition) is 6. The molecule has 0 radical (unpaired) electrons. The number of nitrogens with zero attached hydrogens (tertiary/aromatic N) is 6. The minimum Gasteiger partial charge on any atom is -0.301 e. The lowest BCUT2D eigenvalue weighted by Gasteiger charge is -2.34. The molecule has 1 aliphatic rings. The fourth-order valence-corrected chi connectivity index (χ4v) is 5.77. The normalized spacial score (nSPS) is 15.9. The Morgan fingerprint density at radius 3 is 2.42 bits per heavy atom. The minimum atomic E-state index is -3.67. The summed E-state index contributed by atoms with van der Waals surface area (Å²) in [6.07, 6.45) is 1.61. The minimum absolute atomic E-state index is 0.0582. The van der Waals surface area contributed by atoms with Crippen LogP contribution in [0.15, 0.2) is 53.4 Å². The summed E-state index contributed by atoms with van der Waals surface area (Å²) < 4.78 is 29.1. The van der Waals surface area contributed by atoms with Gasteiger partial charge < -0.3 is 4.90 Å². The number of aromatic nitrogens is 4. The number of piperazine rings is 1. The van der Waals surface area contributed by atoms with Gasteiger partial charge in [-0.25, -0.2) is 8.42 Å². The van der Waals surface area contributed by atoms with Gasteiger partial charge in [0.25, 0.3) is 0 Å². The second kappa shape index (κ2) is 9.62. The highest BCUT2D eigenvalue weighted by atomic mass is 35.5. The van der Waals surface area contributed by atoms with Crippen LogP contribution in [-0.2, 0) is 16.4 Å². The molecule has 0 aliphatic carbocycles. The molecule has 2 aromatic carbocycles. The van der Waals surface area contributed by atoms with Gasteiger partial charge in [-0.05, 0) is 47.7 Å². The monoisotopic (exact) mass is 480 g/mol. The Kier molecular flexibility index (Phi) is 6.88. The van der Waals surface area contributed by atoms with Gasteiger partial charge in [-0.3, -0.25) is 0 Å². The third-order valence-electron chi connectivity index (χ3n) is 5.27. The van der Waals surface area contributed by atoms with Crippen molar-refractivity contribution in [2.24, 2.45) is 0 Å². The van der Waals surface area contributed by atoms with Crippen molar-refractivity contribution in [3.63, 3.8) is 0 Å². The van der Waals surface area contributed by atoms with Crippen molar-refractivity contribution >= 4 is 33.2 Å². The summed E-state index contributed by atoms with van der Waals surface area (Å²) in [7, 11) is -3.67. The zero-order valence-corrected chi connectivity index (χ0v) is 19.1. The molecule has 0 N–H and O–H groups in total. The van der Waals surface area contributed by atoms with Gasteiger partial charge in [-0.2, -0.15) is 8.99 Å². The maximum absolute atomic E-state index is 12.9. The zero-order chi connectivity index (χ0) is 21.8. The van der Waals surface area contributed by atoms with Crippen LogP contribution in [0, 0.1) is 0 Å². The molecule has 0 amide bonds. The van der Waals surface area contributed by atoms with Gasteiger partial charge >= 0.3 is 0 Å². The number of hydrogen-bond donors (Lipinski definition) is 0. The van der Waals surface area contributed by atoms with Crippen LogP contribution in [0.3, 0.4) is 0 Å².